The van der Waals surface area contributed by atoms with Gasteiger partial charge in [-0.1, -0.05) is 0 Å². The van der Waals surface area contributed by atoms with E-state index in [0.717, 1.165) is 0 Å². The molecule has 0 bridgehead atoms. The minimum Gasteiger partial charge on any atom is -0.351 e. The van der Waals surface area contributed by atoms with Gasteiger partial charge in [-0.2, -0.15) is 0 Å². The molecule has 0 saturated heterocycles. The maximum absolute atomic E-state index is 10.4. The zero-order valence-electron chi connectivity index (χ0n) is 6.03. The maximum Gasteiger partial charge on any atom is 0.316 e. The van der Waals surface area contributed by atoms with E-state index in [1.165, 1.54) is 11.3 Å². The minimum atomic E-state index is -0.651. The lowest BCUT2D eigenvalue weighted by atomic mass is 10.5. The van der Waals surface area contributed by atoms with Gasteiger partial charge in [-0.15, -0.1) is 11.3 Å². The highest BCUT2D eigenvalue weighted by atomic mass is 32.1. The van der Waals surface area contributed by atoms with Gasteiger partial charge < -0.3 is 16.4 Å². The van der Waals surface area contributed by atoms with E-state index < -0.39 is 6.03 Å². The van der Waals surface area contributed by atoms with Gasteiger partial charge in [0, 0.05) is 0 Å². The Balaban J connectivity index is 2.76. The first-order valence-corrected chi connectivity index (χ1v) is 3.96. The standard InChI is InChI=1S/C6H7N3O2S/c7-6(11)9-4-1-2-12-5(4)8-3-10/h1-3H,(H,8,10)(H3,7,9,11). The van der Waals surface area contributed by atoms with Crippen molar-refractivity contribution in [3.05, 3.63) is 11.4 Å². The Morgan fingerprint density at radius 1 is 1.67 bits per heavy atom. The number of amides is 3. The number of urea groups is 1. The van der Waals surface area contributed by atoms with Crippen molar-refractivity contribution >= 4 is 34.5 Å². The fourth-order valence-corrected chi connectivity index (χ4v) is 1.41. The van der Waals surface area contributed by atoms with Gasteiger partial charge in [-0.25, -0.2) is 4.79 Å². The van der Waals surface area contributed by atoms with Gasteiger partial charge in [0.05, 0.1) is 5.69 Å². The number of primary amides is 1. The SMILES string of the molecule is NC(=O)Nc1ccsc1NC=O. The van der Waals surface area contributed by atoms with E-state index in [1.54, 1.807) is 11.4 Å². The van der Waals surface area contributed by atoms with E-state index in [-0.39, 0.29) is 0 Å². The first-order valence-electron chi connectivity index (χ1n) is 3.08. The molecule has 0 radical (unpaired) electrons. The number of hydrogen-bond acceptors (Lipinski definition) is 3. The molecule has 1 rings (SSSR count). The molecule has 0 aliphatic rings. The predicted molar refractivity (Wildman–Crippen MR) is 47.2 cm³/mol. The second-order valence-corrected chi connectivity index (χ2v) is 2.83. The van der Waals surface area contributed by atoms with E-state index in [4.69, 9.17) is 5.73 Å². The lowest BCUT2D eigenvalue weighted by Crippen LogP contribution is -2.19. The number of thiophene rings is 1. The summed E-state index contributed by atoms with van der Waals surface area (Å²) in [6, 6.07) is 1.00. The van der Waals surface area contributed by atoms with Crippen molar-refractivity contribution in [3.8, 4) is 0 Å². The summed E-state index contributed by atoms with van der Waals surface area (Å²) in [5.74, 6) is 0. The fraction of sp³-hybridized carbons (Fsp3) is 0. The van der Waals surface area contributed by atoms with Crippen LogP contribution < -0.4 is 16.4 Å². The molecule has 6 heteroatoms. The number of hydrogen-bond donors (Lipinski definition) is 3. The van der Waals surface area contributed by atoms with Crippen molar-refractivity contribution in [2.24, 2.45) is 5.73 Å². The Morgan fingerprint density at radius 2 is 2.42 bits per heavy atom. The van der Waals surface area contributed by atoms with Crippen molar-refractivity contribution < 1.29 is 9.59 Å². The molecule has 4 N–H and O–H groups in total. The lowest BCUT2D eigenvalue weighted by Gasteiger charge is -2.00. The molecule has 0 saturated carbocycles. The van der Waals surface area contributed by atoms with Crippen LogP contribution in [0.4, 0.5) is 15.5 Å². The van der Waals surface area contributed by atoms with Crippen molar-refractivity contribution in [2.75, 3.05) is 10.6 Å². The van der Waals surface area contributed by atoms with Crippen molar-refractivity contribution in [1.82, 2.24) is 0 Å². The zero-order valence-corrected chi connectivity index (χ0v) is 6.85. The van der Waals surface area contributed by atoms with Crippen molar-refractivity contribution in [2.45, 2.75) is 0 Å². The Morgan fingerprint density at radius 3 is 3.00 bits per heavy atom. The second-order valence-electron chi connectivity index (χ2n) is 1.91. The number of rotatable bonds is 3. The average Bonchev–Trinajstić information content (AvgIpc) is 2.37. The molecule has 0 aliphatic heterocycles. The van der Waals surface area contributed by atoms with Crippen molar-refractivity contribution in [1.29, 1.82) is 0 Å². The molecular weight excluding hydrogens is 178 g/mol. The summed E-state index contributed by atoms with van der Waals surface area (Å²) in [7, 11) is 0. The molecule has 0 fully saturated rings. The minimum absolute atomic E-state index is 0.514. The molecule has 3 amide bonds. The molecule has 0 spiro atoms. The van der Waals surface area contributed by atoms with E-state index in [0.29, 0.717) is 17.1 Å². The number of anilines is 2. The Hall–Kier alpha value is -1.56. The summed E-state index contributed by atoms with van der Waals surface area (Å²) in [5, 5.41) is 7.10. The first-order chi connectivity index (χ1) is 5.74. The number of carbonyl (C=O) groups excluding carboxylic acids is 2. The monoisotopic (exact) mass is 185 g/mol. The third-order valence-corrected chi connectivity index (χ3v) is 1.96. The van der Waals surface area contributed by atoms with Crippen LogP contribution in [0.5, 0.6) is 0 Å². The van der Waals surface area contributed by atoms with Crippen LogP contribution in [-0.2, 0) is 4.79 Å². The molecule has 0 aliphatic carbocycles. The topological polar surface area (TPSA) is 84.2 Å². The molecule has 1 aromatic heterocycles. The number of nitrogens with two attached hydrogens (primary N) is 1. The second kappa shape index (κ2) is 3.72. The Bertz CT molecular complexity index is 297. The average molecular weight is 185 g/mol. The third kappa shape index (κ3) is 1.96. The lowest BCUT2D eigenvalue weighted by molar-refractivity contribution is -0.105. The van der Waals surface area contributed by atoms with Gasteiger partial charge in [0.25, 0.3) is 0 Å². The van der Waals surface area contributed by atoms with Crippen LogP contribution in [0.1, 0.15) is 0 Å². The zero-order chi connectivity index (χ0) is 8.97. The van der Waals surface area contributed by atoms with E-state index in [9.17, 15) is 9.59 Å². The first kappa shape index (κ1) is 8.54. The quantitative estimate of drug-likeness (QED) is 0.609. The van der Waals surface area contributed by atoms with E-state index >= 15 is 0 Å². The van der Waals surface area contributed by atoms with Crippen LogP contribution in [0, 0.1) is 0 Å². The highest BCUT2D eigenvalue weighted by molar-refractivity contribution is 7.15. The molecule has 0 atom stereocenters. The Labute approximate surface area is 72.6 Å². The smallest absolute Gasteiger partial charge is 0.316 e. The van der Waals surface area contributed by atoms with Crippen LogP contribution in [0.15, 0.2) is 11.4 Å². The third-order valence-electron chi connectivity index (χ3n) is 1.11. The normalized spacial score (nSPS) is 9.00. The van der Waals surface area contributed by atoms with Crippen LogP contribution in [-0.4, -0.2) is 12.4 Å². The number of carbonyl (C=O) groups is 2. The summed E-state index contributed by atoms with van der Waals surface area (Å²) < 4.78 is 0. The van der Waals surface area contributed by atoms with E-state index in [1.807, 2.05) is 0 Å². The van der Waals surface area contributed by atoms with Gasteiger partial charge in [0.2, 0.25) is 6.41 Å². The van der Waals surface area contributed by atoms with Gasteiger partial charge >= 0.3 is 6.03 Å². The summed E-state index contributed by atoms with van der Waals surface area (Å²) in [6.07, 6.45) is 0.540. The van der Waals surface area contributed by atoms with Crippen LogP contribution in [0.3, 0.4) is 0 Å². The summed E-state index contributed by atoms with van der Waals surface area (Å²) in [5.41, 5.74) is 5.40. The predicted octanol–water partition coefficient (Wildman–Crippen LogP) is 0.807. The Kier molecular flexibility index (Phi) is 2.65. The summed E-state index contributed by atoms with van der Waals surface area (Å²) >= 11 is 1.30. The van der Waals surface area contributed by atoms with Crippen LogP contribution in [0.2, 0.25) is 0 Å². The highest BCUT2D eigenvalue weighted by Crippen LogP contribution is 2.27. The van der Waals surface area contributed by atoms with Gasteiger partial charge in [0.1, 0.15) is 5.00 Å². The molecule has 1 heterocycles. The highest BCUT2D eigenvalue weighted by Gasteiger charge is 2.03. The largest absolute Gasteiger partial charge is 0.351 e. The molecule has 0 aromatic carbocycles. The van der Waals surface area contributed by atoms with Crippen molar-refractivity contribution in [3.63, 3.8) is 0 Å². The summed E-state index contributed by atoms with van der Waals surface area (Å²) in [4.78, 5) is 20.5. The molecule has 5 nitrogen and oxygen atoms in total. The van der Waals surface area contributed by atoms with Gasteiger partial charge in [0.15, 0.2) is 0 Å². The van der Waals surface area contributed by atoms with Gasteiger partial charge in [-0.05, 0) is 11.4 Å². The molecule has 0 unspecified atom stereocenters. The molecular formula is C6H7N3O2S. The number of nitrogens with one attached hydrogen (secondary N) is 2. The summed E-state index contributed by atoms with van der Waals surface area (Å²) in [6.45, 7) is 0. The molecule has 64 valence electrons. The van der Waals surface area contributed by atoms with Gasteiger partial charge in [-0.3, -0.25) is 4.79 Å². The van der Waals surface area contributed by atoms with Crippen LogP contribution >= 0.6 is 11.3 Å². The maximum atomic E-state index is 10.4. The molecule has 1 aromatic rings. The molecule has 12 heavy (non-hydrogen) atoms. The van der Waals surface area contributed by atoms with E-state index in [2.05, 4.69) is 10.6 Å². The fourth-order valence-electron chi connectivity index (χ4n) is 0.706. The van der Waals surface area contributed by atoms with Crippen LogP contribution in [0.25, 0.3) is 0 Å².